The largest absolute Gasteiger partial charge is 0.390 e. The number of nitrogens with zero attached hydrogens (tertiary/aromatic N) is 4. The molecule has 166 valence electrons. The Balaban J connectivity index is 1.29. The minimum Gasteiger partial charge on any atom is -0.390 e. The number of aryl methyl sites for hydroxylation is 1. The van der Waals surface area contributed by atoms with E-state index in [1.165, 1.54) is 9.55 Å². The Hall–Kier alpha value is -3.65. The number of rotatable bonds is 4. The molecule has 0 radical (unpaired) electrons. The summed E-state index contributed by atoms with van der Waals surface area (Å²) in [6, 6.07) is 18.4. The van der Waals surface area contributed by atoms with E-state index in [0.717, 1.165) is 47.7 Å². The minimum absolute atomic E-state index is 0.272. The molecule has 0 spiro atoms. The van der Waals surface area contributed by atoms with Crippen molar-refractivity contribution in [3.63, 3.8) is 0 Å². The highest BCUT2D eigenvalue weighted by Gasteiger charge is 2.30. The van der Waals surface area contributed by atoms with Crippen molar-refractivity contribution in [2.24, 2.45) is 5.92 Å². The van der Waals surface area contributed by atoms with Gasteiger partial charge in [-0.2, -0.15) is 0 Å². The van der Waals surface area contributed by atoms with Crippen molar-refractivity contribution in [1.82, 2.24) is 19.5 Å². The molecule has 4 aromatic rings. The lowest BCUT2D eigenvalue weighted by Crippen LogP contribution is -2.24. The molecular formula is C25H23N5O2S. The van der Waals surface area contributed by atoms with Crippen LogP contribution in [0.5, 0.6) is 0 Å². The average Bonchev–Trinajstić information content (AvgIpc) is 3.54. The summed E-state index contributed by atoms with van der Waals surface area (Å²) in [5.74, 6) is 1.44. The molecule has 1 fully saturated rings. The summed E-state index contributed by atoms with van der Waals surface area (Å²) in [4.78, 5) is 2.53. The Kier molecular flexibility index (Phi) is 4.51. The summed E-state index contributed by atoms with van der Waals surface area (Å²) in [6.45, 7) is 4.78. The van der Waals surface area contributed by atoms with Crippen molar-refractivity contribution >= 4 is 26.7 Å². The van der Waals surface area contributed by atoms with Gasteiger partial charge in [-0.1, -0.05) is 23.8 Å². The fourth-order valence-corrected chi connectivity index (χ4v) is 5.97. The van der Waals surface area contributed by atoms with Gasteiger partial charge in [0.25, 0.3) is 10.0 Å². The lowest BCUT2D eigenvalue weighted by molar-refractivity contribution is 0.589. The van der Waals surface area contributed by atoms with E-state index in [-0.39, 0.29) is 4.90 Å². The van der Waals surface area contributed by atoms with Crippen LogP contribution in [0.2, 0.25) is 0 Å². The SMILES string of the molecule is Cc1ccc(S(=O)(=O)n2ccc3cc(-c4ccc(N5CC6=CNCC6C5)nn4)ccc32)cc1. The highest BCUT2D eigenvalue weighted by Crippen LogP contribution is 2.30. The lowest BCUT2D eigenvalue weighted by atomic mass is 10.1. The molecule has 2 aliphatic rings. The van der Waals surface area contributed by atoms with Crippen molar-refractivity contribution in [3.8, 4) is 11.3 Å². The molecule has 0 amide bonds. The zero-order valence-corrected chi connectivity index (χ0v) is 19.0. The van der Waals surface area contributed by atoms with Gasteiger partial charge in [0.2, 0.25) is 0 Å². The summed E-state index contributed by atoms with van der Waals surface area (Å²) in [7, 11) is -3.66. The Morgan fingerprint density at radius 1 is 1.00 bits per heavy atom. The molecule has 0 aliphatic carbocycles. The third kappa shape index (κ3) is 3.38. The zero-order chi connectivity index (χ0) is 22.6. The van der Waals surface area contributed by atoms with Gasteiger partial charge in [0, 0.05) is 42.7 Å². The Bertz CT molecular complexity index is 1490. The molecule has 1 N–H and O–H groups in total. The maximum absolute atomic E-state index is 13.1. The third-order valence-electron chi connectivity index (χ3n) is 6.49. The summed E-state index contributed by atoms with van der Waals surface area (Å²) in [5, 5.41) is 13.1. The van der Waals surface area contributed by atoms with E-state index >= 15 is 0 Å². The molecule has 2 aromatic carbocycles. The standard InChI is InChI=1S/C25H23N5O2S/c1-17-2-5-22(6-3-17)33(31,32)30-11-10-19-12-18(4-8-24(19)30)23-7-9-25(28-27-23)29-15-20-13-26-14-21(20)16-29/h2-13,21,26H,14-16H2,1H3. The molecule has 1 saturated heterocycles. The Morgan fingerprint density at radius 3 is 2.61 bits per heavy atom. The fourth-order valence-electron chi connectivity index (χ4n) is 4.62. The summed E-state index contributed by atoms with van der Waals surface area (Å²) in [6.07, 6.45) is 3.72. The third-order valence-corrected chi connectivity index (χ3v) is 8.20. The molecule has 0 saturated carbocycles. The number of hydrogen-bond acceptors (Lipinski definition) is 6. The molecule has 2 aliphatic heterocycles. The van der Waals surface area contributed by atoms with Crippen LogP contribution in [-0.4, -0.2) is 42.2 Å². The predicted octanol–water partition coefficient (Wildman–Crippen LogP) is 3.57. The summed E-state index contributed by atoms with van der Waals surface area (Å²) >= 11 is 0. The van der Waals surface area contributed by atoms with Crippen LogP contribution >= 0.6 is 0 Å². The first-order chi connectivity index (χ1) is 16.0. The molecule has 1 unspecified atom stereocenters. The van der Waals surface area contributed by atoms with Crippen LogP contribution in [0.1, 0.15) is 5.56 Å². The summed E-state index contributed by atoms with van der Waals surface area (Å²) in [5.41, 5.74) is 4.74. The van der Waals surface area contributed by atoms with Gasteiger partial charge in [-0.15, -0.1) is 10.2 Å². The second-order valence-electron chi connectivity index (χ2n) is 8.68. The average molecular weight is 458 g/mol. The zero-order valence-electron chi connectivity index (χ0n) is 18.1. The highest BCUT2D eigenvalue weighted by molar-refractivity contribution is 7.90. The molecule has 33 heavy (non-hydrogen) atoms. The van der Waals surface area contributed by atoms with Gasteiger partial charge in [0.1, 0.15) is 0 Å². The van der Waals surface area contributed by atoms with Gasteiger partial charge >= 0.3 is 0 Å². The molecule has 0 bridgehead atoms. The predicted molar refractivity (Wildman–Crippen MR) is 129 cm³/mol. The van der Waals surface area contributed by atoms with Crippen LogP contribution in [0, 0.1) is 12.8 Å². The van der Waals surface area contributed by atoms with Gasteiger partial charge in [-0.3, -0.25) is 0 Å². The smallest absolute Gasteiger partial charge is 0.268 e. The normalized spacial score (nSPS) is 17.8. The van der Waals surface area contributed by atoms with Gasteiger partial charge in [0.15, 0.2) is 5.82 Å². The van der Waals surface area contributed by atoms with E-state index in [9.17, 15) is 8.42 Å². The van der Waals surface area contributed by atoms with E-state index < -0.39 is 10.0 Å². The highest BCUT2D eigenvalue weighted by atomic mass is 32.2. The number of nitrogens with one attached hydrogen (secondary N) is 1. The molecule has 6 rings (SSSR count). The second kappa shape index (κ2) is 7.45. The quantitative estimate of drug-likeness (QED) is 0.505. The molecule has 8 heteroatoms. The second-order valence-corrected chi connectivity index (χ2v) is 10.5. The first-order valence-electron chi connectivity index (χ1n) is 10.9. The van der Waals surface area contributed by atoms with Gasteiger partial charge in [-0.05, 0) is 61.2 Å². The first-order valence-corrected chi connectivity index (χ1v) is 12.4. The van der Waals surface area contributed by atoms with Crippen LogP contribution in [0.3, 0.4) is 0 Å². The van der Waals surface area contributed by atoms with Crippen LogP contribution < -0.4 is 10.2 Å². The van der Waals surface area contributed by atoms with E-state index in [1.807, 2.05) is 43.3 Å². The maximum Gasteiger partial charge on any atom is 0.268 e. The van der Waals surface area contributed by atoms with Crippen molar-refractivity contribution in [3.05, 3.63) is 84.2 Å². The maximum atomic E-state index is 13.1. The topological polar surface area (TPSA) is 80.1 Å². The Morgan fingerprint density at radius 2 is 1.85 bits per heavy atom. The minimum atomic E-state index is -3.66. The van der Waals surface area contributed by atoms with E-state index in [2.05, 4.69) is 26.6 Å². The molecule has 4 heterocycles. The van der Waals surface area contributed by atoms with Gasteiger partial charge in [-0.25, -0.2) is 12.4 Å². The van der Waals surface area contributed by atoms with Crippen LogP contribution in [0.25, 0.3) is 22.2 Å². The number of fused-ring (bicyclic) bond motifs is 2. The van der Waals surface area contributed by atoms with Gasteiger partial charge < -0.3 is 10.2 Å². The molecular weight excluding hydrogens is 434 g/mol. The fraction of sp³-hybridized carbons (Fsp3) is 0.200. The van der Waals surface area contributed by atoms with E-state index in [0.29, 0.717) is 11.4 Å². The monoisotopic (exact) mass is 457 g/mol. The van der Waals surface area contributed by atoms with E-state index in [4.69, 9.17) is 0 Å². The molecule has 7 nitrogen and oxygen atoms in total. The molecule has 1 atom stereocenters. The van der Waals surface area contributed by atoms with Crippen molar-refractivity contribution in [1.29, 1.82) is 0 Å². The van der Waals surface area contributed by atoms with E-state index in [1.54, 1.807) is 30.5 Å². The number of benzene rings is 2. The van der Waals surface area contributed by atoms with Crippen molar-refractivity contribution in [2.75, 3.05) is 24.5 Å². The molecule has 2 aromatic heterocycles. The van der Waals surface area contributed by atoms with Crippen LogP contribution in [0.15, 0.2) is 83.5 Å². The lowest BCUT2D eigenvalue weighted by Gasteiger charge is -2.16. The summed E-state index contributed by atoms with van der Waals surface area (Å²) < 4.78 is 27.6. The van der Waals surface area contributed by atoms with Crippen molar-refractivity contribution in [2.45, 2.75) is 11.8 Å². The number of anilines is 1. The van der Waals surface area contributed by atoms with Crippen LogP contribution in [-0.2, 0) is 10.0 Å². The van der Waals surface area contributed by atoms with Gasteiger partial charge in [0.05, 0.1) is 16.1 Å². The first kappa shape index (κ1) is 20.0. The van der Waals surface area contributed by atoms with Crippen molar-refractivity contribution < 1.29 is 8.42 Å². The van der Waals surface area contributed by atoms with Crippen LogP contribution in [0.4, 0.5) is 5.82 Å². The Labute approximate surface area is 192 Å². The number of hydrogen-bond donors (Lipinski definition) is 1. The number of aromatic nitrogens is 3.